The summed E-state index contributed by atoms with van der Waals surface area (Å²) in [6.07, 6.45) is 3.85. The van der Waals surface area contributed by atoms with Gasteiger partial charge in [-0.2, -0.15) is 0 Å². The lowest BCUT2D eigenvalue weighted by Crippen LogP contribution is -2.50. The van der Waals surface area contributed by atoms with Gasteiger partial charge in [0.1, 0.15) is 19.0 Å². The number of ketones is 1. The second kappa shape index (κ2) is 23.3. The predicted octanol–water partition coefficient (Wildman–Crippen LogP) is 7.72. The Morgan fingerprint density at radius 2 is 1.58 bits per heavy atom. The first kappa shape index (κ1) is 52.4. The van der Waals surface area contributed by atoms with Gasteiger partial charge in [-0.1, -0.05) is 92.3 Å². The molecule has 1 saturated heterocycles. The molecule has 1 aliphatic heterocycles. The van der Waals surface area contributed by atoms with E-state index in [0.29, 0.717) is 35.4 Å². The van der Waals surface area contributed by atoms with Crippen LogP contribution in [0, 0.1) is 24.2 Å². The molecule has 6 N–H and O–H groups in total. The van der Waals surface area contributed by atoms with Gasteiger partial charge in [0.2, 0.25) is 5.91 Å². The molecular weight excluding hydrogens is 847 g/mol. The minimum atomic E-state index is -2.43. The quantitative estimate of drug-likeness (QED) is 0.0299. The molecule has 1 heterocycles. The summed E-state index contributed by atoms with van der Waals surface area (Å²) in [6.45, 7) is 22.8. The van der Waals surface area contributed by atoms with Crippen molar-refractivity contribution < 1.29 is 47.8 Å². The summed E-state index contributed by atoms with van der Waals surface area (Å²) < 4.78 is 17.9. The van der Waals surface area contributed by atoms with Gasteiger partial charge in [-0.25, -0.2) is 9.59 Å². The number of benzene rings is 2. The number of nitrogens with one attached hydrogen (secondary N) is 3. The van der Waals surface area contributed by atoms with Crippen LogP contribution in [0.5, 0.6) is 5.75 Å². The Kier molecular flexibility index (Phi) is 18.8. The van der Waals surface area contributed by atoms with Crippen LogP contribution in [0.25, 0.3) is 0 Å². The second-order valence-electron chi connectivity index (χ2n) is 19.2. The van der Waals surface area contributed by atoms with Gasteiger partial charge in [-0.3, -0.25) is 24.5 Å². The molecule has 2 aromatic rings. The molecule has 5 amide bonds. The van der Waals surface area contributed by atoms with E-state index in [1.165, 1.54) is 6.08 Å². The van der Waals surface area contributed by atoms with Crippen molar-refractivity contribution in [2.75, 3.05) is 31.6 Å². The normalized spacial score (nSPS) is 16.3. The second-order valence-corrected chi connectivity index (χ2v) is 24.6. The summed E-state index contributed by atoms with van der Waals surface area (Å²) in [6, 6.07) is 8.56. The Morgan fingerprint density at radius 1 is 0.954 bits per heavy atom. The van der Waals surface area contributed by atoms with Crippen LogP contribution in [0.4, 0.5) is 15.3 Å². The number of anilines is 1. The first-order valence-corrected chi connectivity index (χ1v) is 25.2. The molecule has 3 atom stereocenters. The van der Waals surface area contributed by atoms with Crippen LogP contribution in [0.15, 0.2) is 49.1 Å². The Labute approximate surface area is 386 Å². The number of aryl methyl sites for hydroxylation is 1. The highest BCUT2D eigenvalue weighted by Crippen LogP contribution is 2.55. The SMILES string of the molecule is C=CCOC(=O)C[C@H](C(=O)N[C@@H](CCCNC(N)=O)C(=O)Cc1ccc(COC(=O)Nc2cc(O[Si](C(C)C)(C(C)C)C(C)C)c(C)cc2C(=O)N2CC3(CC3)C[C@H]2CO)cc1)C(C)C. The summed E-state index contributed by atoms with van der Waals surface area (Å²) in [5.74, 6) is -1.90. The number of rotatable bonds is 24. The average molecular weight is 920 g/mol. The molecule has 2 aliphatic rings. The fourth-order valence-corrected chi connectivity index (χ4v) is 14.7. The van der Waals surface area contributed by atoms with Gasteiger partial charge in [0, 0.05) is 25.6 Å². The van der Waals surface area contributed by atoms with E-state index in [9.17, 15) is 33.9 Å². The highest BCUT2D eigenvalue weighted by molar-refractivity contribution is 6.78. The molecule has 0 bridgehead atoms. The topological polar surface area (TPSA) is 216 Å². The number of esters is 1. The highest BCUT2D eigenvalue weighted by atomic mass is 28.4. The zero-order chi connectivity index (χ0) is 48.2. The minimum absolute atomic E-state index is 0.0222. The average Bonchev–Trinajstić information content (AvgIpc) is 3.90. The van der Waals surface area contributed by atoms with E-state index >= 15 is 0 Å². The van der Waals surface area contributed by atoms with E-state index in [0.717, 1.165) is 24.8 Å². The van der Waals surface area contributed by atoms with Gasteiger partial charge in [0.25, 0.3) is 14.2 Å². The lowest BCUT2D eigenvalue weighted by Gasteiger charge is -2.42. The summed E-state index contributed by atoms with van der Waals surface area (Å²) >= 11 is 0. The van der Waals surface area contributed by atoms with E-state index in [1.807, 2.05) is 20.8 Å². The maximum atomic E-state index is 14.3. The van der Waals surface area contributed by atoms with Gasteiger partial charge < -0.3 is 40.3 Å². The Bertz CT molecular complexity index is 1990. The zero-order valence-corrected chi connectivity index (χ0v) is 40.9. The molecule has 65 heavy (non-hydrogen) atoms. The van der Waals surface area contributed by atoms with Crippen LogP contribution in [0.3, 0.4) is 0 Å². The fraction of sp³-hybridized carbons (Fsp3) is 0.592. The maximum absolute atomic E-state index is 14.3. The van der Waals surface area contributed by atoms with Crippen LogP contribution >= 0.6 is 0 Å². The zero-order valence-electron chi connectivity index (χ0n) is 39.9. The number of Topliss-reactive ketones (excluding diaryl/α,β-unsaturated/α-hetero) is 1. The number of amides is 5. The van der Waals surface area contributed by atoms with Gasteiger partial charge in [-0.05, 0) is 89.7 Å². The molecular formula is C49H73N5O10Si. The van der Waals surface area contributed by atoms with Gasteiger partial charge in [-0.15, -0.1) is 0 Å². The Hall–Kier alpha value is -5.22. The molecule has 358 valence electrons. The summed E-state index contributed by atoms with van der Waals surface area (Å²) in [5, 5.41) is 18.4. The minimum Gasteiger partial charge on any atom is -0.542 e. The van der Waals surface area contributed by atoms with Crippen LogP contribution in [0.2, 0.25) is 16.6 Å². The lowest BCUT2D eigenvalue weighted by molar-refractivity contribution is -0.146. The third-order valence-corrected chi connectivity index (χ3v) is 19.1. The number of aliphatic hydroxyl groups is 1. The predicted molar refractivity (Wildman–Crippen MR) is 253 cm³/mol. The summed E-state index contributed by atoms with van der Waals surface area (Å²) in [7, 11) is -2.43. The molecule has 2 fully saturated rings. The number of hydrogen-bond acceptors (Lipinski definition) is 10. The fourth-order valence-electron chi connectivity index (χ4n) is 9.39. The van der Waals surface area contributed by atoms with E-state index in [1.54, 1.807) is 41.3 Å². The highest BCUT2D eigenvalue weighted by Gasteiger charge is 2.53. The van der Waals surface area contributed by atoms with Crippen molar-refractivity contribution in [1.29, 1.82) is 0 Å². The molecule has 0 unspecified atom stereocenters. The molecule has 16 heteroatoms. The van der Waals surface area contributed by atoms with E-state index in [-0.39, 0.29) is 97.0 Å². The van der Waals surface area contributed by atoms with Crippen LogP contribution in [-0.4, -0.2) is 92.4 Å². The Balaban J connectivity index is 1.49. The molecule has 15 nitrogen and oxygen atoms in total. The largest absolute Gasteiger partial charge is 0.542 e. The third kappa shape index (κ3) is 13.9. The van der Waals surface area contributed by atoms with Crippen LogP contribution in [0.1, 0.15) is 121 Å². The van der Waals surface area contributed by atoms with Crippen molar-refractivity contribution in [1.82, 2.24) is 15.5 Å². The molecule has 1 aliphatic carbocycles. The van der Waals surface area contributed by atoms with Crippen molar-refractivity contribution in [3.05, 3.63) is 71.3 Å². The Morgan fingerprint density at radius 3 is 2.14 bits per heavy atom. The molecule has 2 aromatic carbocycles. The van der Waals surface area contributed by atoms with E-state index in [2.05, 4.69) is 64.1 Å². The number of likely N-dealkylation sites (tertiary alicyclic amines) is 1. The first-order chi connectivity index (χ1) is 30.7. The number of primary amides is 1. The molecule has 4 rings (SSSR count). The monoisotopic (exact) mass is 920 g/mol. The number of hydrogen-bond donors (Lipinski definition) is 5. The van der Waals surface area contributed by atoms with Crippen molar-refractivity contribution in [2.24, 2.45) is 23.0 Å². The van der Waals surface area contributed by atoms with Crippen LogP contribution < -0.4 is 26.1 Å². The van der Waals surface area contributed by atoms with Crippen molar-refractivity contribution in [3.63, 3.8) is 0 Å². The molecule has 0 aromatic heterocycles. The van der Waals surface area contributed by atoms with E-state index < -0.39 is 44.3 Å². The van der Waals surface area contributed by atoms with Gasteiger partial charge in [0.15, 0.2) is 5.78 Å². The van der Waals surface area contributed by atoms with Crippen LogP contribution in [-0.2, 0) is 36.9 Å². The molecule has 1 spiro atoms. The number of ether oxygens (including phenoxy) is 2. The van der Waals surface area contributed by atoms with Crippen molar-refractivity contribution >= 4 is 49.7 Å². The lowest BCUT2D eigenvalue weighted by atomic mass is 9.90. The summed E-state index contributed by atoms with van der Waals surface area (Å²) in [5.41, 5.74) is 8.75. The number of carbonyl (C=O) groups excluding carboxylic acids is 6. The van der Waals surface area contributed by atoms with Gasteiger partial charge >= 0.3 is 18.1 Å². The number of carbonyl (C=O) groups is 6. The maximum Gasteiger partial charge on any atom is 0.411 e. The third-order valence-electron chi connectivity index (χ3n) is 13.2. The molecule has 1 saturated carbocycles. The number of nitrogens with zero attached hydrogens (tertiary/aromatic N) is 1. The smallest absolute Gasteiger partial charge is 0.411 e. The van der Waals surface area contributed by atoms with Crippen molar-refractivity contribution in [3.8, 4) is 5.75 Å². The number of nitrogens with two attached hydrogens (primary N) is 1. The van der Waals surface area contributed by atoms with Gasteiger partial charge in [0.05, 0.1) is 42.3 Å². The molecule has 0 radical (unpaired) electrons. The van der Waals surface area contributed by atoms with Crippen molar-refractivity contribution in [2.45, 2.75) is 143 Å². The number of aliphatic hydroxyl groups excluding tert-OH is 1. The standard InChI is InChI=1S/C49H73N5O10Si/c1-11-21-62-44(57)24-38(30(2)3)45(58)52-40(13-12-20-51-47(50)60)42(56)23-35-14-16-36(17-15-35)28-63-48(61)53-41-25-43(64-65(31(4)5,32(6)7)33(8)9)34(10)22-39(41)46(59)54-29-49(18-19-49)26-37(54)27-55/h11,14-17,22,25,30-33,37-38,40,55H,1,12-13,18-21,23-24,26-29H2,2-10H3,(H,52,58)(H,53,61)(H3,50,51,60)/t37-,38-,40-/m0/s1. The first-order valence-electron chi connectivity index (χ1n) is 23.1. The van der Waals surface area contributed by atoms with E-state index in [4.69, 9.17) is 19.6 Å². The summed E-state index contributed by atoms with van der Waals surface area (Å²) in [4.78, 5) is 80.4. The number of urea groups is 1.